The minimum Gasteiger partial charge on any atom is -0.493 e. The lowest BCUT2D eigenvalue weighted by Crippen LogP contribution is -2.41. The molecule has 2 aliphatic heterocycles. The fraction of sp³-hybridized carbons (Fsp3) is 0.487. The first-order valence-electron chi connectivity index (χ1n) is 17.8. The van der Waals surface area contributed by atoms with E-state index in [0.717, 1.165) is 56.6 Å². The van der Waals surface area contributed by atoms with Crippen LogP contribution >= 0.6 is 0 Å². The molecule has 3 aromatic rings. The van der Waals surface area contributed by atoms with Crippen molar-refractivity contribution in [1.29, 1.82) is 0 Å². The minimum atomic E-state index is -0.259. The molecule has 5 rings (SSSR count). The number of ether oxygens (including phenoxy) is 4. The predicted octanol–water partition coefficient (Wildman–Crippen LogP) is 7.88. The van der Waals surface area contributed by atoms with Crippen LogP contribution in [0.4, 0.5) is 16.2 Å². The molecule has 2 heterocycles. The van der Waals surface area contributed by atoms with Crippen LogP contribution < -0.4 is 29.7 Å². The summed E-state index contributed by atoms with van der Waals surface area (Å²) < 4.78 is 23.7. The number of urea groups is 1. The Labute approximate surface area is 291 Å². The van der Waals surface area contributed by atoms with Gasteiger partial charge in [0.2, 0.25) is 0 Å². The largest absolute Gasteiger partial charge is 0.493 e. The smallest absolute Gasteiger partial charge is 0.319 e. The van der Waals surface area contributed by atoms with E-state index in [1.165, 1.54) is 19.4 Å². The Bertz CT molecular complexity index is 1480. The van der Waals surface area contributed by atoms with Gasteiger partial charge in [0, 0.05) is 48.7 Å². The van der Waals surface area contributed by atoms with Crippen molar-refractivity contribution in [3.63, 3.8) is 0 Å². The lowest BCUT2D eigenvalue weighted by molar-refractivity contribution is 0.0970. The number of rotatable bonds is 15. The number of piperidine rings is 1. The van der Waals surface area contributed by atoms with Crippen LogP contribution in [0.25, 0.3) is 0 Å². The molecule has 264 valence electrons. The van der Waals surface area contributed by atoms with Crippen LogP contribution in [0.5, 0.6) is 23.0 Å². The summed E-state index contributed by atoms with van der Waals surface area (Å²) in [6, 6.07) is 20.0. The number of nitrogens with one attached hydrogen (secondary N) is 2. The molecule has 0 radical (unpaired) electrons. The number of unbranched alkanes of at least 4 members (excludes halogenated alkanes) is 1. The monoisotopic (exact) mass is 672 g/mol. The van der Waals surface area contributed by atoms with Crippen molar-refractivity contribution in [1.82, 2.24) is 10.2 Å². The number of nitrogens with zero attached hydrogens (tertiary/aromatic N) is 2. The van der Waals surface area contributed by atoms with Crippen molar-refractivity contribution >= 4 is 23.3 Å². The summed E-state index contributed by atoms with van der Waals surface area (Å²) in [6.45, 7) is 10.7. The number of methoxy groups -OCH3 is 1. The first-order chi connectivity index (χ1) is 23.9. The number of anilines is 2. The molecule has 0 aromatic heterocycles. The molecule has 2 saturated heterocycles. The van der Waals surface area contributed by atoms with E-state index in [-0.39, 0.29) is 30.1 Å². The minimum absolute atomic E-state index is 0.0737. The van der Waals surface area contributed by atoms with Crippen molar-refractivity contribution in [3.8, 4) is 23.0 Å². The van der Waals surface area contributed by atoms with E-state index in [0.29, 0.717) is 41.7 Å². The van der Waals surface area contributed by atoms with Crippen molar-refractivity contribution in [2.75, 3.05) is 50.2 Å². The topological polar surface area (TPSA) is 102 Å². The summed E-state index contributed by atoms with van der Waals surface area (Å²) in [7, 11) is 1.56. The van der Waals surface area contributed by atoms with Crippen LogP contribution in [-0.2, 0) is 4.74 Å². The van der Waals surface area contributed by atoms with Gasteiger partial charge < -0.3 is 39.4 Å². The number of carbonyl (C=O) groups excluding carboxylic acids is 2. The Morgan fingerprint density at radius 3 is 2.27 bits per heavy atom. The second-order valence-electron chi connectivity index (χ2n) is 12.8. The standard InChI is InChI=1S/C39H52N4O6/c1-5-8-22-42-23-19-35(20-24-42)48-33-14-9-28(10-15-33)38(44)43(32-21-25-47-27-32)31-12-16-34(17-13-31)49-36-18-11-30(26-37(36)46-4)41-39(45)40-29(6-2)7-3/h9-18,26,29,32,35H,5-8,19-25,27H2,1-4H3,(H2,40,41,45). The molecule has 0 spiro atoms. The summed E-state index contributed by atoms with van der Waals surface area (Å²) in [5.74, 6) is 2.28. The third kappa shape index (κ3) is 9.89. The van der Waals surface area contributed by atoms with Gasteiger partial charge in [0.15, 0.2) is 11.5 Å². The molecule has 49 heavy (non-hydrogen) atoms. The quantitative estimate of drug-likeness (QED) is 0.169. The molecular weight excluding hydrogens is 620 g/mol. The fourth-order valence-corrected chi connectivity index (χ4v) is 6.34. The van der Waals surface area contributed by atoms with Crippen LogP contribution in [0, 0.1) is 0 Å². The van der Waals surface area contributed by atoms with Gasteiger partial charge in [-0.3, -0.25) is 4.79 Å². The summed E-state index contributed by atoms with van der Waals surface area (Å²) in [6.07, 6.45) is 7.19. The van der Waals surface area contributed by atoms with Crippen LogP contribution in [-0.4, -0.2) is 75.0 Å². The van der Waals surface area contributed by atoms with Crippen molar-refractivity contribution in [2.45, 2.75) is 83.9 Å². The fourth-order valence-electron chi connectivity index (χ4n) is 6.34. The van der Waals surface area contributed by atoms with Gasteiger partial charge in [-0.15, -0.1) is 0 Å². The zero-order valence-electron chi connectivity index (χ0n) is 29.4. The SMILES string of the molecule is CCCCN1CCC(Oc2ccc(C(=O)N(c3ccc(Oc4ccc(NC(=O)NC(CC)CC)cc4OC)cc3)C3CCOC3)cc2)CC1. The highest BCUT2D eigenvalue weighted by molar-refractivity contribution is 6.06. The van der Waals surface area contributed by atoms with Crippen LogP contribution in [0.1, 0.15) is 76.1 Å². The molecule has 2 N–H and O–H groups in total. The van der Waals surface area contributed by atoms with Gasteiger partial charge in [0.25, 0.3) is 5.91 Å². The maximum Gasteiger partial charge on any atom is 0.319 e. The molecular formula is C39H52N4O6. The number of benzene rings is 3. The van der Waals surface area contributed by atoms with Gasteiger partial charge in [-0.1, -0.05) is 27.2 Å². The third-order valence-corrected chi connectivity index (χ3v) is 9.34. The Morgan fingerprint density at radius 2 is 1.63 bits per heavy atom. The molecule has 1 atom stereocenters. The van der Waals surface area contributed by atoms with Crippen molar-refractivity contribution < 1.29 is 28.5 Å². The maximum atomic E-state index is 14.0. The lowest BCUT2D eigenvalue weighted by atomic mass is 10.1. The molecule has 0 bridgehead atoms. The van der Waals surface area contributed by atoms with E-state index < -0.39 is 0 Å². The molecule has 3 aromatic carbocycles. The molecule has 2 fully saturated rings. The van der Waals surface area contributed by atoms with E-state index in [2.05, 4.69) is 22.5 Å². The molecule has 2 aliphatic rings. The summed E-state index contributed by atoms with van der Waals surface area (Å²) >= 11 is 0. The first kappa shape index (κ1) is 36.0. The van der Waals surface area contributed by atoms with Gasteiger partial charge >= 0.3 is 6.03 Å². The number of amides is 3. The molecule has 1 unspecified atom stereocenters. The second-order valence-corrected chi connectivity index (χ2v) is 12.8. The molecule has 0 saturated carbocycles. The zero-order valence-corrected chi connectivity index (χ0v) is 29.4. The highest BCUT2D eigenvalue weighted by atomic mass is 16.5. The highest BCUT2D eigenvalue weighted by Crippen LogP contribution is 2.35. The summed E-state index contributed by atoms with van der Waals surface area (Å²) in [5, 5.41) is 5.83. The van der Waals surface area contributed by atoms with E-state index in [4.69, 9.17) is 18.9 Å². The number of likely N-dealkylation sites (tertiary alicyclic amines) is 1. The first-order valence-corrected chi connectivity index (χ1v) is 17.8. The molecule has 10 heteroatoms. The van der Waals surface area contributed by atoms with Crippen molar-refractivity contribution in [3.05, 3.63) is 72.3 Å². The third-order valence-electron chi connectivity index (χ3n) is 9.34. The normalized spacial score (nSPS) is 16.7. The number of carbonyl (C=O) groups is 2. The Morgan fingerprint density at radius 1 is 0.918 bits per heavy atom. The molecule has 10 nitrogen and oxygen atoms in total. The maximum absolute atomic E-state index is 14.0. The summed E-state index contributed by atoms with van der Waals surface area (Å²) in [4.78, 5) is 30.7. The van der Waals surface area contributed by atoms with Crippen LogP contribution in [0.15, 0.2) is 66.7 Å². The number of hydrogen-bond acceptors (Lipinski definition) is 7. The Balaban J connectivity index is 1.22. The average Bonchev–Trinajstić information content (AvgIpc) is 3.66. The zero-order chi connectivity index (χ0) is 34.6. The van der Waals surface area contributed by atoms with Crippen LogP contribution in [0.2, 0.25) is 0 Å². The van der Waals surface area contributed by atoms with E-state index in [9.17, 15) is 9.59 Å². The van der Waals surface area contributed by atoms with E-state index >= 15 is 0 Å². The Hall–Kier alpha value is -4.28. The highest BCUT2D eigenvalue weighted by Gasteiger charge is 2.30. The van der Waals surface area contributed by atoms with E-state index in [1.54, 1.807) is 25.3 Å². The van der Waals surface area contributed by atoms with Crippen molar-refractivity contribution in [2.24, 2.45) is 0 Å². The van der Waals surface area contributed by atoms with Gasteiger partial charge in [-0.05, 0) is 106 Å². The van der Waals surface area contributed by atoms with Gasteiger partial charge in [-0.2, -0.15) is 0 Å². The van der Waals surface area contributed by atoms with E-state index in [1.807, 2.05) is 67.3 Å². The number of hydrogen-bond donors (Lipinski definition) is 2. The van der Waals surface area contributed by atoms with Gasteiger partial charge in [-0.25, -0.2) is 4.79 Å². The second kappa shape index (κ2) is 17.9. The van der Waals surface area contributed by atoms with Gasteiger partial charge in [0.05, 0.1) is 19.8 Å². The Kier molecular flexibility index (Phi) is 13.2. The average molecular weight is 673 g/mol. The molecule has 0 aliphatic carbocycles. The predicted molar refractivity (Wildman–Crippen MR) is 194 cm³/mol. The van der Waals surface area contributed by atoms with Crippen LogP contribution in [0.3, 0.4) is 0 Å². The lowest BCUT2D eigenvalue weighted by Gasteiger charge is -2.32. The van der Waals surface area contributed by atoms with Gasteiger partial charge in [0.1, 0.15) is 17.6 Å². The summed E-state index contributed by atoms with van der Waals surface area (Å²) in [5.41, 5.74) is 1.96. The molecule has 3 amide bonds.